The van der Waals surface area contributed by atoms with Gasteiger partial charge < -0.3 is 14.5 Å². The first kappa shape index (κ1) is 16.6. The Kier molecular flexibility index (Phi) is 5.44. The summed E-state index contributed by atoms with van der Waals surface area (Å²) in [6.07, 6.45) is 5.95. The third-order valence-corrected chi connectivity index (χ3v) is 5.18. The van der Waals surface area contributed by atoms with Gasteiger partial charge in [-0.2, -0.15) is 0 Å². The van der Waals surface area contributed by atoms with Crippen LogP contribution in [0.25, 0.3) is 0 Å². The number of hydrogen-bond donors (Lipinski definition) is 0. The zero-order valence-electron chi connectivity index (χ0n) is 13.8. The fraction of sp³-hybridized carbons (Fsp3) is 0.611. The summed E-state index contributed by atoms with van der Waals surface area (Å²) in [4.78, 5) is 17.6. The Labute approximate surface area is 143 Å². The van der Waals surface area contributed by atoms with Gasteiger partial charge >= 0.3 is 0 Å². The van der Waals surface area contributed by atoms with E-state index in [1.165, 1.54) is 32.4 Å². The number of rotatable bonds is 4. The zero-order valence-corrected chi connectivity index (χ0v) is 14.5. The minimum atomic E-state index is 0.0717. The number of benzene rings is 1. The van der Waals surface area contributed by atoms with Crippen molar-refractivity contribution in [2.24, 2.45) is 0 Å². The Morgan fingerprint density at radius 1 is 1.22 bits per heavy atom. The van der Waals surface area contributed by atoms with E-state index in [9.17, 15) is 4.79 Å². The molecule has 0 spiro atoms. The molecule has 4 nitrogen and oxygen atoms in total. The lowest BCUT2D eigenvalue weighted by Crippen LogP contribution is -2.49. The highest BCUT2D eigenvalue weighted by atomic mass is 35.5. The molecule has 0 aliphatic carbocycles. The first-order chi connectivity index (χ1) is 11.2. The summed E-state index contributed by atoms with van der Waals surface area (Å²) in [5, 5.41) is 0.589. The molecule has 1 atom stereocenters. The summed E-state index contributed by atoms with van der Waals surface area (Å²) >= 11 is 6.02. The Hall–Kier alpha value is -1.26. The number of nitrogens with zero attached hydrogens (tertiary/aromatic N) is 2. The maximum atomic E-state index is 13.1. The van der Waals surface area contributed by atoms with Crippen LogP contribution in [0.2, 0.25) is 5.02 Å². The average Bonchev–Trinajstić information content (AvgIpc) is 3.07. The molecule has 5 heteroatoms. The van der Waals surface area contributed by atoms with E-state index in [2.05, 4.69) is 4.90 Å². The lowest BCUT2D eigenvalue weighted by molar-refractivity contribution is 0.0557. The van der Waals surface area contributed by atoms with Gasteiger partial charge in [-0.25, -0.2) is 0 Å². The van der Waals surface area contributed by atoms with Crippen LogP contribution in [0.4, 0.5) is 0 Å². The molecule has 2 aliphatic rings. The summed E-state index contributed by atoms with van der Waals surface area (Å²) in [6, 6.07) is 5.57. The highest BCUT2D eigenvalue weighted by Crippen LogP contribution is 2.28. The first-order valence-electron chi connectivity index (χ1n) is 8.56. The van der Waals surface area contributed by atoms with E-state index in [1.807, 2.05) is 4.90 Å². The Morgan fingerprint density at radius 2 is 1.96 bits per heavy atom. The third kappa shape index (κ3) is 3.81. The van der Waals surface area contributed by atoms with Crippen LogP contribution in [0.5, 0.6) is 5.75 Å². The molecule has 0 bridgehead atoms. The lowest BCUT2D eigenvalue weighted by atomic mass is 10.00. The maximum Gasteiger partial charge on any atom is 0.257 e. The van der Waals surface area contributed by atoms with Crippen molar-refractivity contribution in [3.05, 3.63) is 28.8 Å². The minimum Gasteiger partial charge on any atom is -0.496 e. The predicted octanol–water partition coefficient (Wildman–Crippen LogP) is 3.44. The smallest absolute Gasteiger partial charge is 0.257 e. The van der Waals surface area contributed by atoms with Gasteiger partial charge in [-0.15, -0.1) is 0 Å². The minimum absolute atomic E-state index is 0.0717. The molecule has 0 radical (unpaired) electrons. The van der Waals surface area contributed by atoms with Gasteiger partial charge in [0, 0.05) is 24.2 Å². The second-order valence-corrected chi connectivity index (χ2v) is 6.94. The molecule has 2 heterocycles. The molecule has 126 valence electrons. The second-order valence-electron chi connectivity index (χ2n) is 6.50. The number of hydrogen-bond acceptors (Lipinski definition) is 3. The van der Waals surface area contributed by atoms with Gasteiger partial charge in [0.15, 0.2) is 0 Å². The topological polar surface area (TPSA) is 32.8 Å². The van der Waals surface area contributed by atoms with Crippen LogP contribution in [-0.2, 0) is 0 Å². The molecule has 3 rings (SSSR count). The Bertz CT molecular complexity index is 558. The highest BCUT2D eigenvalue weighted by Gasteiger charge is 2.30. The first-order valence-corrected chi connectivity index (χ1v) is 8.93. The molecule has 23 heavy (non-hydrogen) atoms. The number of amides is 1. The normalized spacial score (nSPS) is 22.3. The van der Waals surface area contributed by atoms with Crippen LogP contribution in [0.3, 0.4) is 0 Å². The van der Waals surface area contributed by atoms with E-state index < -0.39 is 0 Å². The van der Waals surface area contributed by atoms with Crippen molar-refractivity contribution < 1.29 is 9.53 Å². The molecule has 1 amide bonds. The van der Waals surface area contributed by atoms with Crippen LogP contribution in [0.1, 0.15) is 42.5 Å². The summed E-state index contributed by atoms with van der Waals surface area (Å²) in [6.45, 7) is 4.18. The molecule has 2 fully saturated rings. The van der Waals surface area contributed by atoms with Crippen LogP contribution < -0.4 is 4.74 Å². The quantitative estimate of drug-likeness (QED) is 0.844. The maximum absolute atomic E-state index is 13.1. The summed E-state index contributed by atoms with van der Waals surface area (Å²) in [7, 11) is 1.58. The SMILES string of the molecule is COc1cc(Cl)ccc1C(=O)N1CCCC[C@H]1CN1CCCC1. The van der Waals surface area contributed by atoms with Crippen molar-refractivity contribution in [3.63, 3.8) is 0 Å². The van der Waals surface area contributed by atoms with Gasteiger partial charge in [-0.1, -0.05) is 11.6 Å². The molecular weight excluding hydrogens is 312 g/mol. The molecule has 1 aromatic rings. The van der Waals surface area contributed by atoms with Crippen molar-refractivity contribution in [3.8, 4) is 5.75 Å². The monoisotopic (exact) mass is 336 g/mol. The van der Waals surface area contributed by atoms with E-state index >= 15 is 0 Å². The summed E-state index contributed by atoms with van der Waals surface area (Å²) < 4.78 is 5.36. The number of halogens is 1. The zero-order chi connectivity index (χ0) is 16.2. The van der Waals surface area contributed by atoms with Crippen molar-refractivity contribution in [2.45, 2.75) is 38.1 Å². The summed E-state index contributed by atoms with van der Waals surface area (Å²) in [5.41, 5.74) is 0.616. The van der Waals surface area contributed by atoms with Crippen molar-refractivity contribution in [2.75, 3.05) is 33.3 Å². The lowest BCUT2D eigenvalue weighted by Gasteiger charge is -2.38. The molecule has 0 N–H and O–H groups in total. The number of piperidine rings is 1. The molecule has 2 saturated heterocycles. The van der Waals surface area contributed by atoms with Gasteiger partial charge in [0.1, 0.15) is 5.75 Å². The summed E-state index contributed by atoms with van der Waals surface area (Å²) in [5.74, 6) is 0.635. The fourth-order valence-electron chi connectivity index (χ4n) is 3.72. The van der Waals surface area contributed by atoms with Crippen LogP contribution in [-0.4, -0.2) is 55.0 Å². The molecular formula is C18H25ClN2O2. The standard InChI is InChI=1S/C18H25ClN2O2/c1-23-17-12-14(19)7-8-16(17)18(22)21-11-3-2-6-15(21)13-20-9-4-5-10-20/h7-8,12,15H,2-6,9-11,13H2,1H3/t15-/m0/s1. The average molecular weight is 337 g/mol. The third-order valence-electron chi connectivity index (χ3n) is 4.95. The van der Waals surface area contributed by atoms with Gasteiger partial charge in [-0.05, 0) is 63.4 Å². The van der Waals surface area contributed by atoms with E-state index in [0.717, 1.165) is 25.9 Å². The highest BCUT2D eigenvalue weighted by molar-refractivity contribution is 6.30. The fourth-order valence-corrected chi connectivity index (χ4v) is 3.88. The molecule has 0 aromatic heterocycles. The van der Waals surface area contributed by atoms with Crippen LogP contribution in [0.15, 0.2) is 18.2 Å². The van der Waals surface area contributed by atoms with Crippen LogP contribution >= 0.6 is 11.6 Å². The predicted molar refractivity (Wildman–Crippen MR) is 92.4 cm³/mol. The van der Waals surface area contributed by atoms with Crippen molar-refractivity contribution in [1.29, 1.82) is 0 Å². The van der Waals surface area contributed by atoms with E-state index in [0.29, 0.717) is 22.4 Å². The van der Waals surface area contributed by atoms with E-state index in [-0.39, 0.29) is 5.91 Å². The number of ether oxygens (including phenoxy) is 1. The van der Waals surface area contributed by atoms with Crippen molar-refractivity contribution in [1.82, 2.24) is 9.80 Å². The van der Waals surface area contributed by atoms with Gasteiger partial charge in [0.05, 0.1) is 12.7 Å². The number of carbonyl (C=O) groups is 1. The molecule has 0 saturated carbocycles. The van der Waals surface area contributed by atoms with Crippen molar-refractivity contribution >= 4 is 17.5 Å². The largest absolute Gasteiger partial charge is 0.496 e. The van der Waals surface area contributed by atoms with Crippen LogP contribution in [0, 0.1) is 0 Å². The van der Waals surface area contributed by atoms with Gasteiger partial charge in [-0.3, -0.25) is 4.79 Å². The number of likely N-dealkylation sites (tertiary alicyclic amines) is 2. The number of methoxy groups -OCH3 is 1. The van der Waals surface area contributed by atoms with Gasteiger partial charge in [0.2, 0.25) is 0 Å². The Balaban J connectivity index is 1.78. The number of carbonyl (C=O) groups excluding carboxylic acids is 1. The molecule has 2 aliphatic heterocycles. The Morgan fingerprint density at radius 3 is 2.70 bits per heavy atom. The molecule has 0 unspecified atom stereocenters. The van der Waals surface area contributed by atoms with E-state index in [4.69, 9.17) is 16.3 Å². The molecule has 1 aromatic carbocycles. The van der Waals surface area contributed by atoms with E-state index in [1.54, 1.807) is 25.3 Å². The van der Waals surface area contributed by atoms with Gasteiger partial charge in [0.25, 0.3) is 5.91 Å². The second kappa shape index (κ2) is 7.54.